The Balaban J connectivity index is 2.02. The predicted molar refractivity (Wildman–Crippen MR) is 90.3 cm³/mol. The highest BCUT2D eigenvalue weighted by atomic mass is 16.5. The molecule has 25 heavy (non-hydrogen) atoms. The third-order valence-corrected chi connectivity index (χ3v) is 4.58. The highest BCUT2D eigenvalue weighted by Gasteiger charge is 2.43. The molecule has 1 aliphatic rings. The van der Waals surface area contributed by atoms with E-state index < -0.39 is 11.9 Å². The van der Waals surface area contributed by atoms with E-state index in [0.717, 1.165) is 11.3 Å². The van der Waals surface area contributed by atoms with Gasteiger partial charge < -0.3 is 15.0 Å². The molecule has 2 amide bonds. The molecule has 0 radical (unpaired) electrons. The number of nitrogens with zero attached hydrogens (tertiary/aromatic N) is 3. The molecule has 1 aromatic heterocycles. The Morgan fingerprint density at radius 3 is 2.76 bits per heavy atom. The normalized spacial score (nSPS) is 20.3. The third kappa shape index (κ3) is 4.07. The summed E-state index contributed by atoms with van der Waals surface area (Å²) in [7, 11) is 4.85. The van der Waals surface area contributed by atoms with Crippen LogP contribution in [-0.4, -0.2) is 53.2 Å². The van der Waals surface area contributed by atoms with E-state index in [4.69, 9.17) is 0 Å². The topological polar surface area (TPSA) is 93.5 Å². The van der Waals surface area contributed by atoms with E-state index in [9.17, 15) is 14.4 Å². The van der Waals surface area contributed by atoms with Crippen molar-refractivity contribution in [3.05, 3.63) is 29.6 Å². The summed E-state index contributed by atoms with van der Waals surface area (Å²) in [6, 6.07) is -0.313. The van der Waals surface area contributed by atoms with Crippen LogP contribution in [0.5, 0.6) is 0 Å². The average molecular weight is 348 g/mol. The number of aromatic nitrogens is 2. The fraction of sp³-hybridized carbons (Fsp3) is 0.529. The predicted octanol–water partition coefficient (Wildman–Crippen LogP) is 0.483. The van der Waals surface area contributed by atoms with Gasteiger partial charge in [0.05, 0.1) is 25.3 Å². The van der Waals surface area contributed by atoms with E-state index in [-0.39, 0.29) is 24.3 Å². The summed E-state index contributed by atoms with van der Waals surface area (Å²) in [6.45, 7) is 2.31. The molecule has 0 aliphatic carbocycles. The zero-order valence-corrected chi connectivity index (χ0v) is 15.0. The van der Waals surface area contributed by atoms with E-state index in [1.165, 1.54) is 13.2 Å². The van der Waals surface area contributed by atoms with Gasteiger partial charge in [-0.1, -0.05) is 6.08 Å². The molecule has 8 nitrogen and oxygen atoms in total. The quantitative estimate of drug-likeness (QED) is 0.459. The molecule has 0 aromatic carbocycles. The number of esters is 1. The largest absolute Gasteiger partial charge is 0.466 e. The Hall–Kier alpha value is -2.64. The number of carbonyl (C=O) groups excluding carboxylic acids is 3. The van der Waals surface area contributed by atoms with Gasteiger partial charge in [0, 0.05) is 44.4 Å². The van der Waals surface area contributed by atoms with Crippen LogP contribution in [0.3, 0.4) is 0 Å². The fourth-order valence-corrected chi connectivity index (χ4v) is 2.99. The molecule has 2 unspecified atom stereocenters. The second-order valence-electron chi connectivity index (χ2n) is 6.07. The molecule has 1 fully saturated rings. The van der Waals surface area contributed by atoms with Gasteiger partial charge in [0.2, 0.25) is 11.8 Å². The Kier molecular flexibility index (Phi) is 5.95. The first-order valence-electron chi connectivity index (χ1n) is 8.13. The lowest BCUT2D eigenvalue weighted by atomic mass is 9.93. The van der Waals surface area contributed by atoms with E-state index in [1.54, 1.807) is 28.9 Å². The summed E-state index contributed by atoms with van der Waals surface area (Å²) < 4.78 is 6.23. The molecule has 8 heteroatoms. The number of carbonyl (C=O) groups is 3. The Morgan fingerprint density at radius 2 is 2.16 bits per heavy atom. The van der Waals surface area contributed by atoms with Gasteiger partial charge in [-0.15, -0.1) is 0 Å². The molecule has 1 saturated heterocycles. The van der Waals surface area contributed by atoms with Crippen molar-refractivity contribution in [3.63, 3.8) is 0 Å². The lowest BCUT2D eigenvalue weighted by molar-refractivity contribution is -0.135. The van der Waals surface area contributed by atoms with Gasteiger partial charge in [0.25, 0.3) is 0 Å². The van der Waals surface area contributed by atoms with E-state index in [0.29, 0.717) is 13.0 Å². The van der Waals surface area contributed by atoms with Crippen molar-refractivity contribution in [1.82, 2.24) is 20.0 Å². The van der Waals surface area contributed by atoms with Gasteiger partial charge in [-0.05, 0) is 13.3 Å². The summed E-state index contributed by atoms with van der Waals surface area (Å²) in [5.41, 5.74) is 1.83. The summed E-state index contributed by atoms with van der Waals surface area (Å²) in [5.74, 6) is -1.11. The van der Waals surface area contributed by atoms with Crippen LogP contribution in [0.25, 0.3) is 0 Å². The fourth-order valence-electron chi connectivity index (χ4n) is 2.99. The highest BCUT2D eigenvalue weighted by Crippen LogP contribution is 2.38. The molecule has 0 saturated carbocycles. The van der Waals surface area contributed by atoms with Gasteiger partial charge in [0.15, 0.2) is 0 Å². The molecular formula is C17H24N4O4. The van der Waals surface area contributed by atoms with Gasteiger partial charge in [-0.25, -0.2) is 4.79 Å². The molecule has 0 bridgehead atoms. The molecule has 2 heterocycles. The molecular weight excluding hydrogens is 324 g/mol. The first kappa shape index (κ1) is 18.7. The molecule has 2 atom stereocenters. The van der Waals surface area contributed by atoms with Crippen LogP contribution in [-0.2, 0) is 26.2 Å². The van der Waals surface area contributed by atoms with E-state index in [2.05, 4.69) is 15.2 Å². The van der Waals surface area contributed by atoms with Gasteiger partial charge in [-0.2, -0.15) is 5.10 Å². The van der Waals surface area contributed by atoms with Crippen molar-refractivity contribution in [2.75, 3.05) is 20.7 Å². The van der Waals surface area contributed by atoms with Crippen LogP contribution in [0, 0.1) is 12.8 Å². The molecule has 2 rings (SSSR count). The zero-order chi connectivity index (χ0) is 18.6. The SMILES string of the molecule is COC(=O)/C=C/CCNC(=O)C1CC(=O)N(C)C1c1cnn(C)c1C. The monoisotopic (exact) mass is 348 g/mol. The van der Waals surface area contributed by atoms with Gasteiger partial charge in [0.1, 0.15) is 0 Å². The first-order chi connectivity index (χ1) is 11.9. The number of likely N-dealkylation sites (tertiary alicyclic amines) is 1. The number of nitrogens with one attached hydrogen (secondary N) is 1. The summed E-state index contributed by atoms with van der Waals surface area (Å²) in [6.07, 6.45) is 5.36. The average Bonchev–Trinajstić information content (AvgIpc) is 3.07. The minimum atomic E-state index is -0.454. The Morgan fingerprint density at radius 1 is 1.44 bits per heavy atom. The van der Waals surface area contributed by atoms with Gasteiger partial charge in [-0.3, -0.25) is 14.3 Å². The van der Waals surface area contributed by atoms with Crippen molar-refractivity contribution in [2.45, 2.75) is 25.8 Å². The molecule has 0 spiro atoms. The highest BCUT2D eigenvalue weighted by molar-refractivity contribution is 5.90. The number of hydrogen-bond acceptors (Lipinski definition) is 5. The summed E-state index contributed by atoms with van der Waals surface area (Å²) in [4.78, 5) is 37.3. The van der Waals surface area contributed by atoms with Crippen LogP contribution in [0.15, 0.2) is 18.3 Å². The number of ether oxygens (including phenoxy) is 1. The van der Waals surface area contributed by atoms with Crippen LogP contribution >= 0.6 is 0 Å². The first-order valence-corrected chi connectivity index (χ1v) is 8.13. The number of aryl methyl sites for hydroxylation is 1. The van der Waals surface area contributed by atoms with E-state index in [1.807, 2.05) is 14.0 Å². The Bertz CT molecular complexity index is 695. The maximum Gasteiger partial charge on any atom is 0.330 e. The molecule has 1 aromatic rings. The number of amides is 2. The lowest BCUT2D eigenvalue weighted by Crippen LogP contribution is -2.35. The maximum atomic E-state index is 12.6. The van der Waals surface area contributed by atoms with E-state index >= 15 is 0 Å². The molecule has 1 aliphatic heterocycles. The minimum absolute atomic E-state index is 0.0565. The van der Waals surface area contributed by atoms with Crippen molar-refractivity contribution >= 4 is 17.8 Å². The van der Waals surface area contributed by atoms with Gasteiger partial charge >= 0.3 is 5.97 Å². The van der Waals surface area contributed by atoms with Crippen molar-refractivity contribution < 1.29 is 19.1 Å². The van der Waals surface area contributed by atoms with Crippen molar-refractivity contribution in [2.24, 2.45) is 13.0 Å². The molecule has 1 N–H and O–H groups in total. The van der Waals surface area contributed by atoms with Crippen LogP contribution < -0.4 is 5.32 Å². The Labute approximate surface area is 146 Å². The maximum absolute atomic E-state index is 12.6. The number of methoxy groups -OCH3 is 1. The summed E-state index contributed by atoms with van der Waals surface area (Å²) in [5, 5.41) is 7.05. The van der Waals surface area contributed by atoms with Crippen LogP contribution in [0.1, 0.15) is 30.1 Å². The second kappa shape index (κ2) is 7.96. The minimum Gasteiger partial charge on any atom is -0.466 e. The third-order valence-electron chi connectivity index (χ3n) is 4.58. The van der Waals surface area contributed by atoms with Crippen LogP contribution in [0.2, 0.25) is 0 Å². The smallest absolute Gasteiger partial charge is 0.330 e. The van der Waals surface area contributed by atoms with Crippen molar-refractivity contribution in [3.8, 4) is 0 Å². The zero-order valence-electron chi connectivity index (χ0n) is 15.0. The standard InChI is InChI=1S/C17H24N4O4/c1-11-13(10-19-21(11)3)16-12(9-14(22)20(16)2)17(24)18-8-6-5-7-15(23)25-4/h5,7,10,12,16H,6,8-9H2,1-4H3,(H,18,24)/b7-5+. The summed E-state index contributed by atoms with van der Waals surface area (Å²) >= 11 is 0. The molecule has 136 valence electrons. The number of hydrogen-bond donors (Lipinski definition) is 1. The second-order valence-corrected chi connectivity index (χ2v) is 6.07. The lowest BCUT2D eigenvalue weighted by Gasteiger charge is -2.24. The number of rotatable bonds is 6. The van der Waals surface area contributed by atoms with Crippen molar-refractivity contribution in [1.29, 1.82) is 0 Å². The van der Waals surface area contributed by atoms with Crippen LogP contribution in [0.4, 0.5) is 0 Å².